The summed E-state index contributed by atoms with van der Waals surface area (Å²) in [4.78, 5) is -0.580. The lowest BCUT2D eigenvalue weighted by molar-refractivity contribution is 0.567. The number of hydrogen-bond donors (Lipinski definition) is 1. The van der Waals surface area contributed by atoms with E-state index in [1.807, 2.05) is 0 Å². The third-order valence-corrected chi connectivity index (χ3v) is 2.94. The molecule has 0 saturated carbocycles. The second kappa shape index (κ2) is 3.25. The number of halogens is 2. The summed E-state index contributed by atoms with van der Waals surface area (Å²) in [6.45, 7) is 1.57. The van der Waals surface area contributed by atoms with Gasteiger partial charge in [0.05, 0.1) is 5.02 Å². The lowest BCUT2D eigenvalue weighted by Gasteiger charge is -2.03. The van der Waals surface area contributed by atoms with E-state index in [4.69, 9.17) is 16.7 Å². The average Bonchev–Trinajstić information content (AvgIpc) is 1.98. The molecule has 1 aromatic rings. The summed E-state index contributed by atoms with van der Waals surface area (Å²) < 4.78 is 34.8. The van der Waals surface area contributed by atoms with Gasteiger partial charge in [-0.1, -0.05) is 17.7 Å². The molecule has 0 fully saturated rings. The zero-order valence-electron chi connectivity index (χ0n) is 6.71. The fraction of sp³-hybridized carbons (Fsp3) is 0.143. The van der Waals surface area contributed by atoms with Crippen molar-refractivity contribution in [2.75, 3.05) is 0 Å². The maximum Gasteiger partial charge on any atom is 0.241 e. The van der Waals surface area contributed by atoms with Gasteiger partial charge in [-0.25, -0.2) is 17.9 Å². The Balaban J connectivity index is 3.53. The average molecular weight is 224 g/mol. The molecule has 0 spiro atoms. The Morgan fingerprint density at radius 2 is 2.00 bits per heavy atom. The van der Waals surface area contributed by atoms with Gasteiger partial charge in [-0.15, -0.1) is 0 Å². The van der Waals surface area contributed by atoms with Crippen LogP contribution in [0, 0.1) is 12.7 Å². The third kappa shape index (κ3) is 1.99. The van der Waals surface area contributed by atoms with Gasteiger partial charge in [0.2, 0.25) is 10.0 Å². The number of primary sulfonamides is 1. The van der Waals surface area contributed by atoms with E-state index >= 15 is 0 Å². The molecular weight excluding hydrogens is 217 g/mol. The smallest absolute Gasteiger partial charge is 0.225 e. The fourth-order valence-electron chi connectivity index (χ4n) is 0.848. The standard InChI is InChI=1S/C7H7ClFNO2S/c1-4-2-3-5(13(10,11)12)7(9)6(4)8/h2-3H,1H3,(H2,10,11,12). The summed E-state index contributed by atoms with van der Waals surface area (Å²) in [6.07, 6.45) is 0. The van der Waals surface area contributed by atoms with Crippen molar-refractivity contribution in [3.63, 3.8) is 0 Å². The van der Waals surface area contributed by atoms with Crippen molar-refractivity contribution in [1.82, 2.24) is 0 Å². The lowest BCUT2D eigenvalue weighted by Crippen LogP contribution is -2.14. The van der Waals surface area contributed by atoms with Crippen LogP contribution >= 0.6 is 11.6 Å². The molecule has 13 heavy (non-hydrogen) atoms. The first-order chi connectivity index (χ1) is 5.84. The maximum absolute atomic E-state index is 13.2. The molecule has 0 heterocycles. The monoisotopic (exact) mass is 223 g/mol. The van der Waals surface area contributed by atoms with Crippen LogP contribution in [-0.2, 0) is 10.0 Å². The predicted molar refractivity (Wildman–Crippen MR) is 47.5 cm³/mol. The van der Waals surface area contributed by atoms with Gasteiger partial charge in [-0.05, 0) is 18.6 Å². The molecular formula is C7H7ClFNO2S. The highest BCUT2D eigenvalue weighted by Crippen LogP contribution is 2.24. The molecule has 0 aliphatic rings. The highest BCUT2D eigenvalue weighted by Gasteiger charge is 2.17. The van der Waals surface area contributed by atoms with Gasteiger partial charge in [0.1, 0.15) is 4.90 Å². The second-order valence-electron chi connectivity index (χ2n) is 2.55. The van der Waals surface area contributed by atoms with Gasteiger partial charge in [0.15, 0.2) is 5.82 Å². The first-order valence-corrected chi connectivity index (χ1v) is 5.24. The number of hydrogen-bond acceptors (Lipinski definition) is 2. The zero-order chi connectivity index (χ0) is 10.2. The minimum absolute atomic E-state index is 0.216. The van der Waals surface area contributed by atoms with Crippen molar-refractivity contribution in [1.29, 1.82) is 0 Å². The highest BCUT2D eigenvalue weighted by atomic mass is 35.5. The molecule has 0 saturated heterocycles. The Bertz CT molecular complexity index is 444. The predicted octanol–water partition coefficient (Wildman–Crippen LogP) is 1.43. The van der Waals surface area contributed by atoms with E-state index < -0.39 is 20.7 Å². The zero-order valence-corrected chi connectivity index (χ0v) is 8.29. The van der Waals surface area contributed by atoms with Crippen LogP contribution in [0.5, 0.6) is 0 Å². The molecule has 0 radical (unpaired) electrons. The summed E-state index contributed by atoms with van der Waals surface area (Å²) in [6, 6.07) is 2.48. The van der Waals surface area contributed by atoms with E-state index in [9.17, 15) is 12.8 Å². The van der Waals surface area contributed by atoms with Crippen LogP contribution in [0.1, 0.15) is 5.56 Å². The van der Waals surface area contributed by atoms with Crippen molar-refractivity contribution in [3.05, 3.63) is 28.5 Å². The Morgan fingerprint density at radius 3 is 2.46 bits per heavy atom. The van der Waals surface area contributed by atoms with E-state index in [1.165, 1.54) is 6.07 Å². The second-order valence-corrected chi connectivity index (χ2v) is 4.46. The molecule has 0 aliphatic carbocycles. The van der Waals surface area contributed by atoms with Gasteiger partial charge >= 0.3 is 0 Å². The Labute approximate surface area is 80.4 Å². The molecule has 0 unspecified atom stereocenters. The molecule has 0 aromatic heterocycles. The van der Waals surface area contributed by atoms with Crippen LogP contribution in [0.2, 0.25) is 5.02 Å². The molecule has 0 bridgehead atoms. The quantitative estimate of drug-likeness (QED) is 0.783. The van der Waals surface area contributed by atoms with Crippen molar-refractivity contribution >= 4 is 21.6 Å². The first kappa shape index (κ1) is 10.4. The van der Waals surface area contributed by atoms with Crippen LogP contribution in [-0.4, -0.2) is 8.42 Å². The van der Waals surface area contributed by atoms with Crippen molar-refractivity contribution in [3.8, 4) is 0 Å². The molecule has 0 amide bonds. The summed E-state index contributed by atoms with van der Waals surface area (Å²) in [5, 5.41) is 4.53. The van der Waals surface area contributed by atoms with Gasteiger partial charge in [-0.2, -0.15) is 0 Å². The SMILES string of the molecule is Cc1ccc(S(N)(=O)=O)c(F)c1Cl. The topological polar surface area (TPSA) is 60.2 Å². The van der Waals surface area contributed by atoms with Crippen LogP contribution in [0.3, 0.4) is 0 Å². The summed E-state index contributed by atoms with van der Waals surface area (Å²) >= 11 is 5.49. The summed E-state index contributed by atoms with van der Waals surface area (Å²) in [7, 11) is -4.03. The molecule has 6 heteroatoms. The van der Waals surface area contributed by atoms with Crippen molar-refractivity contribution in [2.45, 2.75) is 11.8 Å². The first-order valence-electron chi connectivity index (χ1n) is 3.31. The van der Waals surface area contributed by atoms with Crippen LogP contribution < -0.4 is 5.14 Å². The largest absolute Gasteiger partial charge is 0.241 e. The Kier molecular flexibility index (Phi) is 2.61. The van der Waals surface area contributed by atoms with E-state index in [0.29, 0.717) is 5.56 Å². The number of benzene rings is 1. The lowest BCUT2D eigenvalue weighted by atomic mass is 10.2. The van der Waals surface area contributed by atoms with Crippen LogP contribution in [0.15, 0.2) is 17.0 Å². The fourth-order valence-corrected chi connectivity index (χ4v) is 1.68. The molecule has 1 rings (SSSR count). The molecule has 3 nitrogen and oxygen atoms in total. The van der Waals surface area contributed by atoms with Gasteiger partial charge in [0.25, 0.3) is 0 Å². The van der Waals surface area contributed by atoms with Gasteiger partial charge in [-0.3, -0.25) is 0 Å². The summed E-state index contributed by atoms with van der Waals surface area (Å²) in [5.41, 5.74) is 0.464. The normalized spacial score (nSPS) is 11.7. The molecule has 1 aromatic carbocycles. The van der Waals surface area contributed by atoms with Crippen molar-refractivity contribution < 1.29 is 12.8 Å². The minimum atomic E-state index is -4.03. The molecule has 72 valence electrons. The number of aryl methyl sites for hydroxylation is 1. The van der Waals surface area contributed by atoms with E-state index in [0.717, 1.165) is 6.07 Å². The van der Waals surface area contributed by atoms with E-state index in [2.05, 4.69) is 0 Å². The summed E-state index contributed by atoms with van der Waals surface area (Å²) in [5.74, 6) is -0.996. The third-order valence-electron chi connectivity index (χ3n) is 1.55. The van der Waals surface area contributed by atoms with E-state index in [1.54, 1.807) is 6.92 Å². The highest BCUT2D eigenvalue weighted by molar-refractivity contribution is 7.89. The number of nitrogens with two attached hydrogens (primary N) is 1. The number of rotatable bonds is 1. The van der Waals surface area contributed by atoms with Crippen LogP contribution in [0.4, 0.5) is 4.39 Å². The molecule has 0 aliphatic heterocycles. The van der Waals surface area contributed by atoms with E-state index in [-0.39, 0.29) is 5.02 Å². The molecule has 2 N–H and O–H groups in total. The van der Waals surface area contributed by atoms with Crippen molar-refractivity contribution in [2.24, 2.45) is 5.14 Å². The Morgan fingerprint density at radius 1 is 1.46 bits per heavy atom. The Hall–Kier alpha value is -0.650. The molecule has 0 atom stereocenters. The maximum atomic E-state index is 13.2. The van der Waals surface area contributed by atoms with Gasteiger partial charge in [0, 0.05) is 0 Å². The minimum Gasteiger partial charge on any atom is -0.225 e. The number of sulfonamides is 1. The van der Waals surface area contributed by atoms with Gasteiger partial charge < -0.3 is 0 Å². The van der Waals surface area contributed by atoms with Crippen LogP contribution in [0.25, 0.3) is 0 Å².